The molecule has 2 nitrogen and oxygen atoms in total. The van der Waals surface area contributed by atoms with E-state index in [4.69, 9.17) is 9.47 Å². The van der Waals surface area contributed by atoms with E-state index in [9.17, 15) is 0 Å². The highest BCUT2D eigenvalue weighted by Crippen LogP contribution is 2.35. The summed E-state index contributed by atoms with van der Waals surface area (Å²) in [7, 11) is 0. The first-order valence-corrected chi connectivity index (χ1v) is 7.88. The van der Waals surface area contributed by atoms with E-state index in [1.807, 2.05) is 17.8 Å². The van der Waals surface area contributed by atoms with Crippen LogP contribution in [-0.2, 0) is 5.75 Å². The van der Waals surface area contributed by atoms with Gasteiger partial charge in [-0.3, -0.25) is 0 Å². The Hall–Kier alpha value is -1.61. The third-order valence-corrected chi connectivity index (χ3v) is 4.42. The summed E-state index contributed by atoms with van der Waals surface area (Å²) in [5.41, 5.74) is 2.72. The zero-order chi connectivity index (χ0) is 13.8. The van der Waals surface area contributed by atoms with Gasteiger partial charge in [-0.2, -0.15) is 0 Å². The van der Waals surface area contributed by atoms with Gasteiger partial charge in [-0.1, -0.05) is 24.3 Å². The molecule has 0 bridgehead atoms. The fourth-order valence-corrected chi connectivity index (χ4v) is 3.17. The van der Waals surface area contributed by atoms with Gasteiger partial charge in [0.25, 0.3) is 0 Å². The molecule has 0 atom stereocenters. The van der Waals surface area contributed by atoms with E-state index in [1.165, 1.54) is 16.0 Å². The monoisotopic (exact) mass is 286 g/mol. The molecule has 1 aliphatic heterocycles. The van der Waals surface area contributed by atoms with Gasteiger partial charge in [-0.15, -0.1) is 11.8 Å². The SMILES string of the molecule is Cc1ccccc1CSc1ccc2c(c1)OCCCO2. The molecule has 104 valence electrons. The van der Waals surface area contributed by atoms with Crippen molar-refractivity contribution in [1.82, 2.24) is 0 Å². The van der Waals surface area contributed by atoms with Crippen LogP contribution in [0.2, 0.25) is 0 Å². The maximum absolute atomic E-state index is 5.73. The van der Waals surface area contributed by atoms with Gasteiger partial charge in [0.05, 0.1) is 13.2 Å². The lowest BCUT2D eigenvalue weighted by molar-refractivity contribution is 0.297. The predicted octanol–water partition coefficient (Wildman–Crippen LogP) is 4.45. The maximum Gasteiger partial charge on any atom is 0.162 e. The lowest BCUT2D eigenvalue weighted by Crippen LogP contribution is -1.97. The fraction of sp³-hybridized carbons (Fsp3) is 0.294. The molecule has 0 saturated carbocycles. The summed E-state index contributed by atoms with van der Waals surface area (Å²) in [6.45, 7) is 3.63. The molecule has 0 N–H and O–H groups in total. The van der Waals surface area contributed by atoms with Gasteiger partial charge in [-0.25, -0.2) is 0 Å². The van der Waals surface area contributed by atoms with Crippen molar-refractivity contribution in [2.45, 2.75) is 24.0 Å². The Labute approximate surface area is 124 Å². The Morgan fingerprint density at radius 1 is 1.00 bits per heavy atom. The molecule has 0 spiro atoms. The van der Waals surface area contributed by atoms with E-state index in [-0.39, 0.29) is 0 Å². The molecule has 0 amide bonds. The van der Waals surface area contributed by atoms with Crippen LogP contribution in [0.5, 0.6) is 11.5 Å². The predicted molar refractivity (Wildman–Crippen MR) is 82.8 cm³/mol. The molecule has 0 aromatic heterocycles. The van der Waals surface area contributed by atoms with Crippen molar-refractivity contribution >= 4 is 11.8 Å². The number of thioether (sulfide) groups is 1. The molecule has 0 saturated heterocycles. The Morgan fingerprint density at radius 2 is 1.80 bits per heavy atom. The molecular formula is C17H18O2S. The van der Waals surface area contributed by atoms with Crippen molar-refractivity contribution in [3.63, 3.8) is 0 Å². The summed E-state index contributed by atoms with van der Waals surface area (Å²) in [6, 6.07) is 14.7. The lowest BCUT2D eigenvalue weighted by atomic mass is 10.1. The molecule has 1 heterocycles. The first-order valence-electron chi connectivity index (χ1n) is 6.90. The average molecular weight is 286 g/mol. The minimum atomic E-state index is 0.735. The summed E-state index contributed by atoms with van der Waals surface area (Å²) in [5, 5.41) is 0. The average Bonchev–Trinajstić information content (AvgIpc) is 2.71. The van der Waals surface area contributed by atoms with Gasteiger partial charge in [0.1, 0.15) is 0 Å². The zero-order valence-corrected chi connectivity index (χ0v) is 12.4. The smallest absolute Gasteiger partial charge is 0.162 e. The quantitative estimate of drug-likeness (QED) is 0.777. The van der Waals surface area contributed by atoms with Gasteiger partial charge in [-0.05, 0) is 36.2 Å². The first-order chi connectivity index (χ1) is 9.83. The van der Waals surface area contributed by atoms with Gasteiger partial charge in [0.15, 0.2) is 11.5 Å². The van der Waals surface area contributed by atoms with Crippen LogP contribution in [0.25, 0.3) is 0 Å². The minimum Gasteiger partial charge on any atom is -0.490 e. The van der Waals surface area contributed by atoms with Crippen molar-refractivity contribution in [1.29, 1.82) is 0 Å². The van der Waals surface area contributed by atoms with E-state index in [2.05, 4.69) is 43.3 Å². The molecule has 1 aliphatic rings. The summed E-state index contributed by atoms with van der Waals surface area (Å²) in [6.07, 6.45) is 0.945. The Balaban J connectivity index is 1.72. The van der Waals surface area contributed by atoms with Crippen molar-refractivity contribution in [3.8, 4) is 11.5 Å². The number of rotatable bonds is 3. The van der Waals surface area contributed by atoms with Gasteiger partial charge in [0.2, 0.25) is 0 Å². The molecule has 0 fully saturated rings. The van der Waals surface area contributed by atoms with E-state index in [0.29, 0.717) is 0 Å². The number of aryl methyl sites for hydroxylation is 1. The third kappa shape index (κ3) is 3.10. The first kappa shape index (κ1) is 13.4. The van der Waals surface area contributed by atoms with E-state index < -0.39 is 0 Å². The number of benzene rings is 2. The molecular weight excluding hydrogens is 268 g/mol. The van der Waals surface area contributed by atoms with Crippen LogP contribution >= 0.6 is 11.8 Å². The molecule has 0 unspecified atom stereocenters. The number of fused-ring (bicyclic) bond motifs is 1. The minimum absolute atomic E-state index is 0.735. The van der Waals surface area contributed by atoms with Gasteiger partial charge >= 0.3 is 0 Å². The normalized spacial score (nSPS) is 13.8. The number of hydrogen-bond donors (Lipinski definition) is 0. The Morgan fingerprint density at radius 3 is 2.65 bits per heavy atom. The summed E-state index contributed by atoms with van der Waals surface area (Å²) >= 11 is 1.83. The second-order valence-corrected chi connectivity index (χ2v) is 5.92. The largest absolute Gasteiger partial charge is 0.490 e. The fourth-order valence-electron chi connectivity index (χ4n) is 2.17. The molecule has 20 heavy (non-hydrogen) atoms. The highest BCUT2D eigenvalue weighted by Gasteiger charge is 2.11. The van der Waals surface area contributed by atoms with Crippen LogP contribution in [0, 0.1) is 6.92 Å². The van der Waals surface area contributed by atoms with E-state index >= 15 is 0 Å². The van der Waals surface area contributed by atoms with Crippen LogP contribution in [0.1, 0.15) is 17.5 Å². The molecule has 0 radical (unpaired) electrons. The van der Waals surface area contributed by atoms with E-state index in [0.717, 1.165) is 36.9 Å². The summed E-state index contributed by atoms with van der Waals surface area (Å²) in [4.78, 5) is 1.22. The van der Waals surface area contributed by atoms with E-state index in [1.54, 1.807) is 0 Å². The molecule has 3 heteroatoms. The third-order valence-electron chi connectivity index (χ3n) is 3.37. The lowest BCUT2D eigenvalue weighted by Gasteiger charge is -2.10. The molecule has 0 aliphatic carbocycles. The summed E-state index contributed by atoms with van der Waals surface area (Å²) < 4.78 is 11.4. The van der Waals surface area contributed by atoms with Crippen LogP contribution < -0.4 is 9.47 Å². The number of ether oxygens (including phenoxy) is 2. The zero-order valence-electron chi connectivity index (χ0n) is 11.6. The van der Waals surface area contributed by atoms with Crippen molar-refractivity contribution in [2.75, 3.05) is 13.2 Å². The summed E-state index contributed by atoms with van der Waals surface area (Å²) in [5.74, 6) is 2.71. The number of hydrogen-bond acceptors (Lipinski definition) is 3. The van der Waals surface area contributed by atoms with Crippen LogP contribution in [-0.4, -0.2) is 13.2 Å². The van der Waals surface area contributed by atoms with Crippen LogP contribution in [0.4, 0.5) is 0 Å². The van der Waals surface area contributed by atoms with Crippen LogP contribution in [0.3, 0.4) is 0 Å². The maximum atomic E-state index is 5.73. The second-order valence-electron chi connectivity index (χ2n) is 4.87. The molecule has 2 aromatic carbocycles. The molecule has 3 rings (SSSR count). The topological polar surface area (TPSA) is 18.5 Å². The van der Waals surface area contributed by atoms with Gasteiger partial charge in [0, 0.05) is 17.1 Å². The second kappa shape index (κ2) is 6.23. The highest BCUT2D eigenvalue weighted by molar-refractivity contribution is 7.98. The van der Waals surface area contributed by atoms with Crippen molar-refractivity contribution < 1.29 is 9.47 Å². The Kier molecular flexibility index (Phi) is 4.16. The van der Waals surface area contributed by atoms with Crippen LogP contribution in [0.15, 0.2) is 47.4 Å². The standard InChI is InChI=1S/C17H18O2S/c1-13-5-2-3-6-14(13)12-20-15-7-8-16-17(11-15)19-10-4-9-18-16/h2-3,5-8,11H,4,9-10,12H2,1H3. The van der Waals surface area contributed by atoms with Gasteiger partial charge < -0.3 is 9.47 Å². The van der Waals surface area contributed by atoms with Crippen molar-refractivity contribution in [3.05, 3.63) is 53.6 Å². The Bertz CT molecular complexity index is 595. The highest BCUT2D eigenvalue weighted by atomic mass is 32.2. The molecule has 2 aromatic rings. The van der Waals surface area contributed by atoms with Crippen molar-refractivity contribution in [2.24, 2.45) is 0 Å².